The zero-order chi connectivity index (χ0) is 18.4. The first kappa shape index (κ1) is 16.7. The van der Waals surface area contributed by atoms with E-state index in [9.17, 15) is 9.59 Å². The van der Waals surface area contributed by atoms with Crippen LogP contribution in [0, 0.1) is 6.92 Å². The Labute approximate surface area is 157 Å². The molecule has 7 heteroatoms. The second kappa shape index (κ2) is 6.17. The van der Waals surface area contributed by atoms with Crippen LogP contribution >= 0.6 is 15.9 Å². The predicted molar refractivity (Wildman–Crippen MR) is 102 cm³/mol. The lowest BCUT2D eigenvalue weighted by Crippen LogP contribution is -2.35. The van der Waals surface area contributed by atoms with Crippen LogP contribution in [-0.4, -0.2) is 25.5 Å². The third kappa shape index (κ3) is 2.74. The van der Waals surface area contributed by atoms with Gasteiger partial charge in [0.1, 0.15) is 11.3 Å². The van der Waals surface area contributed by atoms with Crippen molar-refractivity contribution in [1.82, 2.24) is 0 Å². The number of aryl methyl sites for hydroxylation is 1. The number of rotatable bonds is 2. The minimum Gasteiger partial charge on any atom is -0.482 e. The maximum atomic E-state index is 12.7. The third-order valence-electron chi connectivity index (χ3n) is 4.41. The number of hydrogen-bond acceptors (Lipinski definition) is 4. The number of hydrogen-bond donors (Lipinski definition) is 1. The van der Waals surface area contributed by atoms with Crippen LogP contribution in [0.1, 0.15) is 16.1 Å². The highest BCUT2D eigenvalue weighted by molar-refractivity contribution is 9.10. The molecule has 0 saturated heterocycles. The molecule has 0 spiro atoms. The van der Waals surface area contributed by atoms with E-state index in [0.29, 0.717) is 22.7 Å². The molecular weight excluding hydrogens is 400 g/mol. The molecule has 0 radical (unpaired) electrons. The molecule has 4 rings (SSSR count). The first-order valence-corrected chi connectivity index (χ1v) is 8.77. The Kier molecular flexibility index (Phi) is 3.96. The second-order valence-electron chi connectivity index (χ2n) is 6.07. The monoisotopic (exact) mass is 414 g/mol. The normalized spacial score (nSPS) is 13.5. The van der Waals surface area contributed by atoms with E-state index in [-0.39, 0.29) is 24.2 Å². The highest BCUT2D eigenvalue weighted by Crippen LogP contribution is 2.34. The smallest absolute Gasteiger partial charge is 0.291 e. The maximum absolute atomic E-state index is 12.7. The fourth-order valence-corrected chi connectivity index (χ4v) is 3.31. The van der Waals surface area contributed by atoms with Crippen molar-refractivity contribution < 1.29 is 18.7 Å². The van der Waals surface area contributed by atoms with Crippen molar-refractivity contribution in [3.63, 3.8) is 0 Å². The maximum Gasteiger partial charge on any atom is 0.291 e. The van der Waals surface area contributed by atoms with Crippen LogP contribution in [-0.2, 0) is 4.79 Å². The molecule has 0 bridgehead atoms. The summed E-state index contributed by atoms with van der Waals surface area (Å²) in [5.41, 5.74) is 2.59. The number of carbonyl (C=O) groups is 2. The summed E-state index contributed by atoms with van der Waals surface area (Å²) in [5.74, 6) is 0.381. The Balaban J connectivity index is 1.65. The molecule has 6 nitrogen and oxygen atoms in total. The van der Waals surface area contributed by atoms with Crippen molar-refractivity contribution >= 4 is 50.1 Å². The molecule has 0 saturated carbocycles. The summed E-state index contributed by atoms with van der Waals surface area (Å²) in [6, 6.07) is 10.8. The van der Waals surface area contributed by atoms with Gasteiger partial charge in [-0.2, -0.15) is 0 Å². The summed E-state index contributed by atoms with van der Waals surface area (Å²) in [5, 5.41) is 3.71. The molecule has 1 N–H and O–H groups in total. The predicted octanol–water partition coefficient (Wildman–Crippen LogP) is 4.11. The summed E-state index contributed by atoms with van der Waals surface area (Å²) in [4.78, 5) is 26.0. The minimum absolute atomic E-state index is 0.0168. The summed E-state index contributed by atoms with van der Waals surface area (Å²) in [6.45, 7) is 1.86. The molecule has 0 atom stereocenters. The Morgan fingerprint density at radius 2 is 2.04 bits per heavy atom. The fraction of sp³-hybridized carbons (Fsp3) is 0.158. The van der Waals surface area contributed by atoms with Crippen molar-refractivity contribution in [2.24, 2.45) is 0 Å². The molecule has 26 heavy (non-hydrogen) atoms. The van der Waals surface area contributed by atoms with Crippen molar-refractivity contribution in [1.29, 1.82) is 0 Å². The molecular formula is C19H15BrN2O4. The van der Waals surface area contributed by atoms with Gasteiger partial charge >= 0.3 is 0 Å². The third-order valence-corrected chi connectivity index (χ3v) is 4.90. The van der Waals surface area contributed by atoms with Crippen LogP contribution in [0.4, 0.5) is 11.4 Å². The van der Waals surface area contributed by atoms with Gasteiger partial charge in [-0.3, -0.25) is 9.59 Å². The average molecular weight is 415 g/mol. The number of likely N-dealkylation sites (N-methyl/N-ethyl adjacent to an activating group) is 1. The molecule has 0 fully saturated rings. The first-order valence-electron chi connectivity index (χ1n) is 7.97. The number of furan rings is 1. The summed E-state index contributed by atoms with van der Waals surface area (Å²) in [7, 11) is 1.68. The van der Waals surface area contributed by atoms with Gasteiger partial charge in [-0.05, 0) is 43.3 Å². The van der Waals surface area contributed by atoms with E-state index in [0.717, 1.165) is 15.4 Å². The van der Waals surface area contributed by atoms with Gasteiger partial charge in [-0.1, -0.05) is 15.9 Å². The van der Waals surface area contributed by atoms with E-state index < -0.39 is 0 Å². The highest BCUT2D eigenvalue weighted by Gasteiger charge is 2.23. The van der Waals surface area contributed by atoms with E-state index >= 15 is 0 Å². The Morgan fingerprint density at radius 1 is 1.23 bits per heavy atom. The lowest BCUT2D eigenvalue weighted by atomic mass is 10.1. The van der Waals surface area contributed by atoms with Gasteiger partial charge in [0.2, 0.25) is 0 Å². The SMILES string of the molecule is Cc1c(C(=O)Nc2ccc3c(c2)N(C)C(=O)CO3)oc2ccc(Br)cc12. The van der Waals surface area contributed by atoms with Crippen LogP contribution in [0.3, 0.4) is 0 Å². The van der Waals surface area contributed by atoms with Crippen molar-refractivity contribution in [2.75, 3.05) is 23.9 Å². The fourth-order valence-electron chi connectivity index (χ4n) is 2.95. The number of anilines is 2. The lowest BCUT2D eigenvalue weighted by molar-refractivity contribution is -0.120. The number of benzene rings is 2. The van der Waals surface area contributed by atoms with Crippen molar-refractivity contribution in [2.45, 2.75) is 6.92 Å². The molecule has 3 aromatic rings. The number of fused-ring (bicyclic) bond motifs is 2. The van der Waals surface area contributed by atoms with Gasteiger partial charge in [-0.15, -0.1) is 0 Å². The molecule has 2 heterocycles. The standard InChI is InChI=1S/C19H15BrN2O4/c1-10-13-7-11(20)3-5-15(13)26-18(10)19(24)21-12-4-6-16-14(8-12)22(2)17(23)9-25-16/h3-8H,9H2,1-2H3,(H,21,24). The first-order chi connectivity index (χ1) is 12.4. The zero-order valence-corrected chi connectivity index (χ0v) is 15.7. The van der Waals surface area contributed by atoms with Crippen LogP contribution in [0.25, 0.3) is 11.0 Å². The van der Waals surface area contributed by atoms with Gasteiger partial charge in [0.05, 0.1) is 5.69 Å². The number of nitrogens with one attached hydrogen (secondary N) is 1. The van der Waals surface area contributed by atoms with Crippen LogP contribution in [0.5, 0.6) is 5.75 Å². The van der Waals surface area contributed by atoms with Gasteiger partial charge in [-0.25, -0.2) is 0 Å². The van der Waals surface area contributed by atoms with E-state index in [1.54, 1.807) is 25.2 Å². The number of ether oxygens (including phenoxy) is 1. The number of carbonyl (C=O) groups excluding carboxylic acids is 2. The second-order valence-corrected chi connectivity index (χ2v) is 6.99. The quantitative estimate of drug-likeness (QED) is 0.684. The summed E-state index contributed by atoms with van der Waals surface area (Å²) in [6.07, 6.45) is 0. The van der Waals surface area contributed by atoms with Gasteiger partial charge in [0, 0.05) is 28.2 Å². The summed E-state index contributed by atoms with van der Waals surface area (Å²) >= 11 is 3.43. The lowest BCUT2D eigenvalue weighted by Gasteiger charge is -2.26. The molecule has 2 aromatic carbocycles. The van der Waals surface area contributed by atoms with E-state index in [4.69, 9.17) is 9.15 Å². The van der Waals surface area contributed by atoms with E-state index in [2.05, 4.69) is 21.2 Å². The van der Waals surface area contributed by atoms with Gasteiger partial charge in [0.25, 0.3) is 11.8 Å². The van der Waals surface area contributed by atoms with Gasteiger partial charge < -0.3 is 19.4 Å². The molecule has 1 aromatic heterocycles. The topological polar surface area (TPSA) is 71.8 Å². The number of halogens is 1. The van der Waals surface area contributed by atoms with Crippen molar-refractivity contribution in [3.05, 3.63) is 52.2 Å². The average Bonchev–Trinajstić information content (AvgIpc) is 2.95. The molecule has 132 valence electrons. The summed E-state index contributed by atoms with van der Waals surface area (Å²) < 4.78 is 12.0. The Bertz CT molecular complexity index is 1060. The molecule has 0 aliphatic carbocycles. The Morgan fingerprint density at radius 3 is 2.85 bits per heavy atom. The Hall–Kier alpha value is -2.80. The molecule has 1 aliphatic rings. The van der Waals surface area contributed by atoms with E-state index in [1.165, 1.54) is 4.90 Å². The molecule has 2 amide bonds. The van der Waals surface area contributed by atoms with E-state index in [1.807, 2.05) is 25.1 Å². The highest BCUT2D eigenvalue weighted by atomic mass is 79.9. The molecule has 1 aliphatic heterocycles. The van der Waals surface area contributed by atoms with Crippen LogP contribution < -0.4 is 15.0 Å². The van der Waals surface area contributed by atoms with Crippen LogP contribution in [0.2, 0.25) is 0 Å². The minimum atomic E-state index is -0.347. The number of amides is 2. The van der Waals surface area contributed by atoms with Gasteiger partial charge in [0.15, 0.2) is 12.4 Å². The largest absolute Gasteiger partial charge is 0.482 e. The molecule has 0 unspecified atom stereocenters. The number of nitrogens with zero attached hydrogens (tertiary/aromatic N) is 1. The van der Waals surface area contributed by atoms with Crippen LogP contribution in [0.15, 0.2) is 45.3 Å². The zero-order valence-electron chi connectivity index (χ0n) is 14.1. The van der Waals surface area contributed by atoms with Crippen molar-refractivity contribution in [3.8, 4) is 5.75 Å².